The molecule has 0 atom stereocenters. The third-order valence-corrected chi connectivity index (χ3v) is 4.34. The van der Waals surface area contributed by atoms with E-state index in [1.807, 2.05) is 30.0 Å². The number of piperazine rings is 1. The number of amides is 1. The van der Waals surface area contributed by atoms with E-state index >= 15 is 0 Å². The van der Waals surface area contributed by atoms with Crippen LogP contribution in [0.4, 0.5) is 5.82 Å². The summed E-state index contributed by atoms with van der Waals surface area (Å²) in [6.45, 7) is 4.64. The monoisotopic (exact) mass is 319 g/mol. The van der Waals surface area contributed by atoms with Gasteiger partial charge in [-0.25, -0.2) is 4.98 Å². The quantitative estimate of drug-likeness (QED) is 0.846. The van der Waals surface area contributed by atoms with Gasteiger partial charge in [0.1, 0.15) is 11.0 Å². The summed E-state index contributed by atoms with van der Waals surface area (Å²) in [5.41, 5.74) is 1.18. The molecule has 1 aliphatic rings. The van der Waals surface area contributed by atoms with E-state index in [9.17, 15) is 4.79 Å². The van der Waals surface area contributed by atoms with Crippen molar-refractivity contribution < 1.29 is 4.79 Å². The van der Waals surface area contributed by atoms with Crippen molar-refractivity contribution in [1.82, 2.24) is 19.7 Å². The minimum atomic E-state index is -0.0451. The van der Waals surface area contributed by atoms with Crippen molar-refractivity contribution >= 4 is 23.3 Å². The predicted octanol–water partition coefficient (Wildman–Crippen LogP) is 1.74. The van der Waals surface area contributed by atoms with Crippen molar-refractivity contribution in [1.29, 1.82) is 0 Å². The van der Waals surface area contributed by atoms with Gasteiger partial charge < -0.3 is 9.80 Å². The van der Waals surface area contributed by atoms with Crippen molar-refractivity contribution in [2.45, 2.75) is 6.92 Å². The Hall–Kier alpha value is -2.08. The van der Waals surface area contributed by atoms with Gasteiger partial charge in [-0.1, -0.05) is 17.7 Å². The summed E-state index contributed by atoms with van der Waals surface area (Å²) in [7, 11) is 1.74. The van der Waals surface area contributed by atoms with Crippen LogP contribution in [0.2, 0.25) is 5.15 Å². The van der Waals surface area contributed by atoms with Gasteiger partial charge in [0, 0.05) is 39.4 Å². The number of halogens is 1. The number of hydrogen-bond acceptors (Lipinski definition) is 4. The molecule has 0 radical (unpaired) electrons. The fourth-order valence-corrected chi connectivity index (χ4v) is 2.97. The number of carbonyl (C=O) groups excluding carboxylic acids is 1. The maximum Gasteiger partial charge on any atom is 0.259 e. The summed E-state index contributed by atoms with van der Waals surface area (Å²) in [5, 5.41) is 4.60. The molecule has 7 heteroatoms. The minimum Gasteiger partial charge on any atom is -0.353 e. The number of carbonyl (C=O) groups is 1. The normalized spacial score (nSPS) is 15.2. The summed E-state index contributed by atoms with van der Waals surface area (Å²) in [5.74, 6) is 0.904. The van der Waals surface area contributed by atoms with Gasteiger partial charge in [-0.3, -0.25) is 9.48 Å². The Morgan fingerprint density at radius 2 is 1.95 bits per heavy atom. The van der Waals surface area contributed by atoms with Crippen LogP contribution in [0.3, 0.4) is 0 Å². The van der Waals surface area contributed by atoms with Gasteiger partial charge in [-0.2, -0.15) is 5.10 Å². The molecule has 0 aliphatic carbocycles. The van der Waals surface area contributed by atoms with Gasteiger partial charge in [-0.15, -0.1) is 0 Å². The van der Waals surface area contributed by atoms with Crippen LogP contribution in [0.25, 0.3) is 0 Å². The molecule has 1 fully saturated rings. The molecule has 0 N–H and O–H groups in total. The molecule has 1 amide bonds. The Balaban J connectivity index is 1.70. The second kappa shape index (κ2) is 5.96. The zero-order valence-corrected chi connectivity index (χ0v) is 13.4. The van der Waals surface area contributed by atoms with E-state index in [-0.39, 0.29) is 5.91 Å². The molecule has 116 valence electrons. The van der Waals surface area contributed by atoms with Gasteiger partial charge in [0.15, 0.2) is 0 Å². The lowest BCUT2D eigenvalue weighted by molar-refractivity contribution is 0.0746. The van der Waals surface area contributed by atoms with Gasteiger partial charge in [0.2, 0.25) is 0 Å². The van der Waals surface area contributed by atoms with E-state index in [1.54, 1.807) is 13.2 Å². The van der Waals surface area contributed by atoms with E-state index in [1.165, 1.54) is 4.68 Å². The highest BCUT2D eigenvalue weighted by molar-refractivity contribution is 6.33. The van der Waals surface area contributed by atoms with Crippen molar-refractivity contribution in [3.63, 3.8) is 0 Å². The topological polar surface area (TPSA) is 54.3 Å². The summed E-state index contributed by atoms with van der Waals surface area (Å²) >= 11 is 6.19. The molecule has 1 aliphatic heterocycles. The maximum atomic E-state index is 12.7. The Bertz CT molecular complexity index is 677. The lowest BCUT2D eigenvalue weighted by Crippen LogP contribution is -2.49. The average Bonchev–Trinajstić information content (AvgIpc) is 2.80. The molecular formula is C15H18ClN5O. The lowest BCUT2D eigenvalue weighted by Gasteiger charge is -2.35. The van der Waals surface area contributed by atoms with Crippen LogP contribution in [-0.4, -0.2) is 51.8 Å². The first-order chi connectivity index (χ1) is 10.6. The van der Waals surface area contributed by atoms with Gasteiger partial charge in [0.05, 0.1) is 11.3 Å². The molecule has 6 nitrogen and oxygen atoms in total. The second-order valence-corrected chi connectivity index (χ2v) is 5.70. The third kappa shape index (κ3) is 2.66. The molecule has 0 unspecified atom stereocenters. The third-order valence-electron chi connectivity index (χ3n) is 3.91. The standard InChI is InChI=1S/C15H18ClN5O/c1-11-13(14(16)19(2)18-11)15(22)21-9-7-20(8-10-21)12-5-3-4-6-17-12/h3-6H,7-10H2,1-2H3. The van der Waals surface area contributed by atoms with Crippen molar-refractivity contribution in [3.8, 4) is 0 Å². The number of pyridine rings is 1. The Morgan fingerprint density at radius 3 is 2.50 bits per heavy atom. The van der Waals surface area contributed by atoms with Crippen LogP contribution >= 0.6 is 11.6 Å². The predicted molar refractivity (Wildman–Crippen MR) is 85.3 cm³/mol. The Kier molecular flexibility index (Phi) is 4.02. The van der Waals surface area contributed by atoms with Gasteiger partial charge in [0.25, 0.3) is 5.91 Å². The van der Waals surface area contributed by atoms with Crippen molar-refractivity contribution in [2.24, 2.45) is 7.05 Å². The summed E-state index contributed by atoms with van der Waals surface area (Å²) in [4.78, 5) is 21.0. The van der Waals surface area contributed by atoms with E-state index in [0.717, 1.165) is 18.9 Å². The summed E-state index contributed by atoms with van der Waals surface area (Å²) < 4.78 is 1.54. The van der Waals surface area contributed by atoms with E-state index < -0.39 is 0 Å². The first-order valence-corrected chi connectivity index (χ1v) is 7.60. The highest BCUT2D eigenvalue weighted by Gasteiger charge is 2.27. The lowest BCUT2D eigenvalue weighted by atomic mass is 10.2. The highest BCUT2D eigenvalue weighted by Crippen LogP contribution is 2.22. The van der Waals surface area contributed by atoms with E-state index in [0.29, 0.717) is 29.5 Å². The largest absolute Gasteiger partial charge is 0.353 e. The van der Waals surface area contributed by atoms with Crippen LogP contribution in [0.15, 0.2) is 24.4 Å². The molecule has 3 heterocycles. The first kappa shape index (κ1) is 14.8. The zero-order valence-electron chi connectivity index (χ0n) is 12.7. The van der Waals surface area contributed by atoms with Crippen LogP contribution in [-0.2, 0) is 7.05 Å². The summed E-state index contributed by atoms with van der Waals surface area (Å²) in [6, 6.07) is 5.86. The molecule has 0 spiro atoms. The molecule has 0 saturated carbocycles. The Morgan fingerprint density at radius 1 is 1.23 bits per heavy atom. The van der Waals surface area contributed by atoms with Crippen LogP contribution < -0.4 is 4.90 Å². The maximum absolute atomic E-state index is 12.7. The molecule has 22 heavy (non-hydrogen) atoms. The molecule has 0 bridgehead atoms. The van der Waals surface area contributed by atoms with E-state index in [4.69, 9.17) is 11.6 Å². The molecule has 0 aromatic carbocycles. The number of hydrogen-bond donors (Lipinski definition) is 0. The smallest absolute Gasteiger partial charge is 0.259 e. The fourth-order valence-electron chi connectivity index (χ4n) is 2.71. The molecule has 2 aromatic rings. The number of aryl methyl sites for hydroxylation is 2. The zero-order chi connectivity index (χ0) is 15.7. The fraction of sp³-hybridized carbons (Fsp3) is 0.400. The van der Waals surface area contributed by atoms with Crippen LogP contribution in [0.5, 0.6) is 0 Å². The van der Waals surface area contributed by atoms with Crippen molar-refractivity contribution in [3.05, 3.63) is 40.8 Å². The van der Waals surface area contributed by atoms with Gasteiger partial charge in [-0.05, 0) is 19.1 Å². The SMILES string of the molecule is Cc1nn(C)c(Cl)c1C(=O)N1CCN(c2ccccn2)CC1. The average molecular weight is 320 g/mol. The molecular weight excluding hydrogens is 302 g/mol. The van der Waals surface area contributed by atoms with Gasteiger partial charge >= 0.3 is 0 Å². The number of anilines is 1. The highest BCUT2D eigenvalue weighted by atomic mass is 35.5. The molecule has 1 saturated heterocycles. The second-order valence-electron chi connectivity index (χ2n) is 5.34. The van der Waals surface area contributed by atoms with Crippen LogP contribution in [0.1, 0.15) is 16.1 Å². The Labute approximate surface area is 134 Å². The first-order valence-electron chi connectivity index (χ1n) is 7.22. The number of rotatable bonds is 2. The number of aromatic nitrogens is 3. The van der Waals surface area contributed by atoms with Crippen LogP contribution in [0, 0.1) is 6.92 Å². The minimum absolute atomic E-state index is 0.0451. The van der Waals surface area contributed by atoms with Crippen molar-refractivity contribution in [2.75, 3.05) is 31.1 Å². The summed E-state index contributed by atoms with van der Waals surface area (Å²) in [6.07, 6.45) is 1.78. The van der Waals surface area contributed by atoms with E-state index in [2.05, 4.69) is 15.0 Å². The molecule has 2 aromatic heterocycles. The number of nitrogens with zero attached hydrogens (tertiary/aromatic N) is 5. The molecule has 3 rings (SSSR count).